The summed E-state index contributed by atoms with van der Waals surface area (Å²) in [4.78, 5) is 0.117. The van der Waals surface area contributed by atoms with Gasteiger partial charge < -0.3 is 10.2 Å². The van der Waals surface area contributed by atoms with Crippen LogP contribution in [0.1, 0.15) is 18.6 Å². The highest BCUT2D eigenvalue weighted by molar-refractivity contribution is 7.89. The minimum absolute atomic E-state index is 0.0187. The Morgan fingerprint density at radius 2 is 1.83 bits per heavy atom. The molecule has 0 saturated heterocycles. The smallest absolute Gasteiger partial charge is 0.243 e. The number of phenols is 1. The van der Waals surface area contributed by atoms with Crippen LogP contribution in [0, 0.1) is 0 Å². The SMILES string of the molecule is CCN(CC(O)c1cccc(O)c1)S(=O)(=O)c1ccc(Cl)cc1. The van der Waals surface area contributed by atoms with Gasteiger partial charge in [0.2, 0.25) is 10.0 Å². The van der Waals surface area contributed by atoms with E-state index >= 15 is 0 Å². The quantitative estimate of drug-likeness (QED) is 0.835. The molecule has 0 amide bonds. The lowest BCUT2D eigenvalue weighted by molar-refractivity contribution is 0.149. The summed E-state index contributed by atoms with van der Waals surface area (Å²) in [5.74, 6) is 0.0187. The van der Waals surface area contributed by atoms with Gasteiger partial charge in [-0.1, -0.05) is 30.7 Å². The van der Waals surface area contributed by atoms with E-state index in [4.69, 9.17) is 11.6 Å². The Morgan fingerprint density at radius 1 is 1.17 bits per heavy atom. The number of hydrogen-bond acceptors (Lipinski definition) is 4. The highest BCUT2D eigenvalue weighted by Crippen LogP contribution is 2.23. The molecule has 0 bridgehead atoms. The van der Waals surface area contributed by atoms with E-state index in [9.17, 15) is 18.6 Å². The van der Waals surface area contributed by atoms with Gasteiger partial charge in [0.15, 0.2) is 0 Å². The van der Waals surface area contributed by atoms with Crippen LogP contribution in [-0.2, 0) is 10.0 Å². The molecule has 0 aliphatic carbocycles. The predicted octanol–water partition coefficient (Wildman–Crippen LogP) is 2.79. The van der Waals surface area contributed by atoms with Crippen molar-refractivity contribution in [2.24, 2.45) is 0 Å². The molecule has 0 aromatic heterocycles. The molecule has 2 rings (SSSR count). The van der Waals surface area contributed by atoms with Crippen LogP contribution in [-0.4, -0.2) is 36.0 Å². The van der Waals surface area contributed by atoms with Gasteiger partial charge in [0.1, 0.15) is 5.75 Å². The lowest BCUT2D eigenvalue weighted by Gasteiger charge is -2.23. The standard InChI is InChI=1S/C16H18ClNO4S/c1-2-18(11-16(20)12-4-3-5-14(19)10-12)23(21,22)15-8-6-13(17)7-9-15/h3-10,16,19-20H,2,11H2,1H3. The summed E-state index contributed by atoms with van der Waals surface area (Å²) in [5.41, 5.74) is 0.453. The van der Waals surface area contributed by atoms with Crippen LogP contribution < -0.4 is 0 Å². The van der Waals surface area contributed by atoms with Crippen molar-refractivity contribution in [3.63, 3.8) is 0 Å². The maximum absolute atomic E-state index is 12.6. The maximum atomic E-state index is 12.6. The highest BCUT2D eigenvalue weighted by Gasteiger charge is 2.25. The fourth-order valence-electron chi connectivity index (χ4n) is 2.18. The van der Waals surface area contributed by atoms with Gasteiger partial charge in [-0.05, 0) is 42.0 Å². The van der Waals surface area contributed by atoms with Crippen LogP contribution in [0.3, 0.4) is 0 Å². The fourth-order valence-corrected chi connectivity index (χ4v) is 3.76. The molecule has 0 radical (unpaired) electrons. The van der Waals surface area contributed by atoms with E-state index in [2.05, 4.69) is 0 Å². The number of halogens is 1. The van der Waals surface area contributed by atoms with Crippen molar-refractivity contribution in [2.75, 3.05) is 13.1 Å². The molecule has 5 nitrogen and oxygen atoms in total. The molecule has 2 N–H and O–H groups in total. The molecule has 124 valence electrons. The zero-order valence-corrected chi connectivity index (χ0v) is 14.1. The number of phenolic OH excluding ortho intramolecular Hbond substituents is 1. The van der Waals surface area contributed by atoms with Crippen molar-refractivity contribution in [3.8, 4) is 5.75 Å². The molecule has 1 atom stereocenters. The Labute approximate surface area is 140 Å². The normalized spacial score (nSPS) is 13.2. The van der Waals surface area contributed by atoms with E-state index in [0.29, 0.717) is 10.6 Å². The zero-order chi connectivity index (χ0) is 17.0. The van der Waals surface area contributed by atoms with E-state index in [0.717, 1.165) is 0 Å². The minimum atomic E-state index is -3.73. The van der Waals surface area contributed by atoms with Crippen molar-refractivity contribution >= 4 is 21.6 Å². The number of aromatic hydroxyl groups is 1. The first-order chi connectivity index (χ1) is 10.8. The summed E-state index contributed by atoms with van der Waals surface area (Å²) in [6, 6.07) is 12.0. The third-order valence-corrected chi connectivity index (χ3v) is 5.64. The molecule has 0 fully saturated rings. The second-order valence-electron chi connectivity index (χ2n) is 5.02. The first-order valence-electron chi connectivity index (χ1n) is 7.07. The Balaban J connectivity index is 2.23. The topological polar surface area (TPSA) is 77.8 Å². The van der Waals surface area contributed by atoms with Crippen molar-refractivity contribution in [2.45, 2.75) is 17.9 Å². The van der Waals surface area contributed by atoms with Crippen LogP contribution in [0.25, 0.3) is 0 Å². The monoisotopic (exact) mass is 355 g/mol. The van der Waals surface area contributed by atoms with Gasteiger partial charge in [-0.15, -0.1) is 0 Å². The number of hydrogen-bond donors (Lipinski definition) is 2. The molecule has 2 aromatic carbocycles. The van der Waals surface area contributed by atoms with Crippen molar-refractivity contribution < 1.29 is 18.6 Å². The molecule has 0 spiro atoms. The minimum Gasteiger partial charge on any atom is -0.508 e. The number of aliphatic hydroxyl groups is 1. The molecule has 23 heavy (non-hydrogen) atoms. The molecule has 1 unspecified atom stereocenters. The number of aliphatic hydroxyl groups excluding tert-OH is 1. The van der Waals surface area contributed by atoms with Gasteiger partial charge in [0, 0.05) is 18.1 Å². The van der Waals surface area contributed by atoms with Gasteiger partial charge >= 0.3 is 0 Å². The summed E-state index contributed by atoms with van der Waals surface area (Å²) in [5, 5.41) is 20.2. The number of rotatable bonds is 6. The largest absolute Gasteiger partial charge is 0.508 e. The van der Waals surface area contributed by atoms with Crippen LogP contribution in [0.5, 0.6) is 5.75 Å². The molecule has 0 aliphatic rings. The molecular formula is C16H18ClNO4S. The molecule has 0 saturated carbocycles. The highest BCUT2D eigenvalue weighted by atomic mass is 35.5. The van der Waals surface area contributed by atoms with Crippen LogP contribution in [0.15, 0.2) is 53.4 Å². The van der Waals surface area contributed by atoms with Crippen LogP contribution in [0.2, 0.25) is 5.02 Å². The molecule has 0 aliphatic heterocycles. The van der Waals surface area contributed by atoms with Gasteiger partial charge in [-0.25, -0.2) is 8.42 Å². The third kappa shape index (κ3) is 4.23. The van der Waals surface area contributed by atoms with Gasteiger partial charge in [-0.2, -0.15) is 4.31 Å². The Hall–Kier alpha value is -1.60. The summed E-state index contributed by atoms with van der Waals surface area (Å²) in [7, 11) is -3.73. The van der Waals surface area contributed by atoms with Crippen LogP contribution in [0.4, 0.5) is 0 Å². The average molecular weight is 356 g/mol. The summed E-state index contributed by atoms with van der Waals surface area (Å²) < 4.78 is 26.4. The first kappa shape index (κ1) is 17.7. The average Bonchev–Trinajstić information content (AvgIpc) is 2.52. The Kier molecular flexibility index (Phi) is 5.64. The second-order valence-corrected chi connectivity index (χ2v) is 7.39. The van der Waals surface area contributed by atoms with Crippen molar-refractivity contribution in [3.05, 3.63) is 59.1 Å². The first-order valence-corrected chi connectivity index (χ1v) is 8.89. The van der Waals surface area contributed by atoms with Gasteiger partial charge in [-0.3, -0.25) is 0 Å². The number of nitrogens with zero attached hydrogens (tertiary/aromatic N) is 1. The lowest BCUT2D eigenvalue weighted by Crippen LogP contribution is -2.34. The predicted molar refractivity (Wildman–Crippen MR) is 89.0 cm³/mol. The molecular weight excluding hydrogens is 338 g/mol. The van der Waals surface area contributed by atoms with Gasteiger partial charge in [0.05, 0.1) is 11.0 Å². The van der Waals surface area contributed by atoms with E-state index in [-0.39, 0.29) is 23.7 Å². The van der Waals surface area contributed by atoms with Crippen LogP contribution >= 0.6 is 11.6 Å². The summed E-state index contributed by atoms with van der Waals surface area (Å²) >= 11 is 5.78. The number of likely N-dealkylation sites (N-methyl/N-ethyl adjacent to an activating group) is 1. The van der Waals surface area contributed by atoms with E-state index < -0.39 is 16.1 Å². The van der Waals surface area contributed by atoms with E-state index in [1.54, 1.807) is 19.1 Å². The Morgan fingerprint density at radius 3 is 2.39 bits per heavy atom. The number of benzene rings is 2. The lowest BCUT2D eigenvalue weighted by atomic mass is 10.1. The van der Waals surface area contributed by atoms with Gasteiger partial charge in [0.25, 0.3) is 0 Å². The van der Waals surface area contributed by atoms with E-state index in [1.807, 2.05) is 0 Å². The summed E-state index contributed by atoms with van der Waals surface area (Å²) in [6.07, 6.45) is -1.04. The molecule has 7 heteroatoms. The Bertz CT molecular complexity index is 762. The number of sulfonamides is 1. The summed E-state index contributed by atoms with van der Waals surface area (Å²) in [6.45, 7) is 1.80. The van der Waals surface area contributed by atoms with E-state index in [1.165, 1.54) is 40.7 Å². The second kappa shape index (κ2) is 7.31. The molecule has 2 aromatic rings. The maximum Gasteiger partial charge on any atom is 0.243 e. The molecule has 0 heterocycles. The fraction of sp³-hybridized carbons (Fsp3) is 0.250. The zero-order valence-electron chi connectivity index (χ0n) is 12.6. The van der Waals surface area contributed by atoms with Crippen molar-refractivity contribution in [1.82, 2.24) is 4.31 Å². The third-order valence-electron chi connectivity index (χ3n) is 3.44. The van der Waals surface area contributed by atoms with Crippen molar-refractivity contribution in [1.29, 1.82) is 0 Å².